The molecule has 1 N–H and O–H groups in total. The predicted octanol–water partition coefficient (Wildman–Crippen LogP) is 2.54. The summed E-state index contributed by atoms with van der Waals surface area (Å²) in [5.74, 6) is 1.10. The van der Waals surface area contributed by atoms with Gasteiger partial charge in [-0.05, 0) is 37.0 Å². The topological polar surface area (TPSA) is 58.6 Å². The lowest BCUT2D eigenvalue weighted by atomic mass is 9.99. The highest BCUT2D eigenvalue weighted by atomic mass is 79.9. The van der Waals surface area contributed by atoms with E-state index in [1.807, 2.05) is 18.2 Å². The summed E-state index contributed by atoms with van der Waals surface area (Å²) in [6, 6.07) is 5.79. The van der Waals surface area contributed by atoms with Gasteiger partial charge in [-0.15, -0.1) is 0 Å². The quantitative estimate of drug-likeness (QED) is 0.857. The third kappa shape index (κ3) is 4.59. The van der Waals surface area contributed by atoms with Gasteiger partial charge in [0.1, 0.15) is 5.75 Å². The monoisotopic (exact) mass is 376 g/mol. The van der Waals surface area contributed by atoms with E-state index in [1.165, 1.54) is 6.26 Å². The summed E-state index contributed by atoms with van der Waals surface area (Å²) in [7, 11) is -1.45. The number of benzene rings is 1. The van der Waals surface area contributed by atoms with E-state index in [0.717, 1.165) is 35.3 Å². The first-order chi connectivity index (χ1) is 9.90. The molecule has 0 spiro atoms. The first-order valence-corrected chi connectivity index (χ1v) is 9.57. The molecular formula is C14H21BrN2O3S. The Hall–Kier alpha value is -0.790. The highest BCUT2D eigenvalue weighted by molar-refractivity contribution is 9.10. The predicted molar refractivity (Wildman–Crippen MR) is 88.3 cm³/mol. The Labute approximate surface area is 134 Å². The van der Waals surface area contributed by atoms with Crippen molar-refractivity contribution >= 4 is 31.6 Å². The summed E-state index contributed by atoms with van der Waals surface area (Å²) in [6.07, 6.45) is 3.23. The minimum atomic E-state index is -3.09. The van der Waals surface area contributed by atoms with Crippen molar-refractivity contribution in [2.75, 3.05) is 38.3 Å². The van der Waals surface area contributed by atoms with Crippen LogP contribution in [0.15, 0.2) is 22.7 Å². The average molecular weight is 377 g/mol. The Balaban J connectivity index is 1.98. The fourth-order valence-corrected chi connectivity index (χ4v) is 3.87. The van der Waals surface area contributed by atoms with Crippen molar-refractivity contribution < 1.29 is 13.2 Å². The van der Waals surface area contributed by atoms with Crippen LogP contribution in [0.2, 0.25) is 0 Å². The van der Waals surface area contributed by atoms with E-state index in [-0.39, 0.29) is 0 Å². The van der Waals surface area contributed by atoms with Crippen molar-refractivity contribution in [2.24, 2.45) is 5.92 Å². The Kier molecular flexibility index (Phi) is 5.51. The van der Waals surface area contributed by atoms with Crippen LogP contribution in [0, 0.1) is 5.92 Å². The highest BCUT2D eigenvalue weighted by Gasteiger charge is 2.25. The molecule has 0 saturated carbocycles. The Morgan fingerprint density at radius 2 is 2.24 bits per heavy atom. The van der Waals surface area contributed by atoms with Crippen LogP contribution in [0.1, 0.15) is 12.8 Å². The maximum Gasteiger partial charge on any atom is 0.211 e. The van der Waals surface area contributed by atoms with Crippen molar-refractivity contribution in [3.63, 3.8) is 0 Å². The van der Waals surface area contributed by atoms with Gasteiger partial charge in [0.25, 0.3) is 0 Å². The molecule has 0 aromatic heterocycles. The van der Waals surface area contributed by atoms with Gasteiger partial charge in [0.05, 0.1) is 19.1 Å². The van der Waals surface area contributed by atoms with Crippen molar-refractivity contribution in [1.29, 1.82) is 0 Å². The molecule has 1 saturated heterocycles. The van der Waals surface area contributed by atoms with Crippen molar-refractivity contribution in [1.82, 2.24) is 4.31 Å². The largest absolute Gasteiger partial charge is 0.495 e. The smallest absolute Gasteiger partial charge is 0.211 e. The maximum absolute atomic E-state index is 11.6. The van der Waals surface area contributed by atoms with Crippen LogP contribution in [0.3, 0.4) is 0 Å². The number of piperidine rings is 1. The number of halogens is 1. The van der Waals surface area contributed by atoms with Gasteiger partial charge in [-0.1, -0.05) is 15.9 Å². The maximum atomic E-state index is 11.6. The van der Waals surface area contributed by atoms with E-state index in [2.05, 4.69) is 21.2 Å². The molecule has 1 atom stereocenters. The van der Waals surface area contributed by atoms with Crippen LogP contribution in [0.5, 0.6) is 5.75 Å². The molecule has 1 unspecified atom stereocenters. The summed E-state index contributed by atoms with van der Waals surface area (Å²) in [5.41, 5.74) is 0.920. The van der Waals surface area contributed by atoms with Crippen LogP contribution >= 0.6 is 15.9 Å². The third-order valence-electron chi connectivity index (χ3n) is 3.69. The van der Waals surface area contributed by atoms with E-state index in [4.69, 9.17) is 4.74 Å². The number of nitrogens with zero attached hydrogens (tertiary/aromatic N) is 1. The number of ether oxygens (including phenoxy) is 1. The van der Waals surface area contributed by atoms with Crippen LogP contribution in [-0.4, -0.2) is 45.7 Å². The molecule has 1 aromatic carbocycles. The van der Waals surface area contributed by atoms with Gasteiger partial charge < -0.3 is 10.1 Å². The number of hydrogen-bond acceptors (Lipinski definition) is 4. The van der Waals surface area contributed by atoms with E-state index in [0.29, 0.717) is 19.0 Å². The molecule has 21 heavy (non-hydrogen) atoms. The number of rotatable bonds is 5. The molecular weight excluding hydrogens is 356 g/mol. The number of nitrogens with one attached hydrogen (secondary N) is 1. The molecule has 2 rings (SSSR count). The summed E-state index contributed by atoms with van der Waals surface area (Å²) in [4.78, 5) is 0. The number of methoxy groups -OCH3 is 1. The van der Waals surface area contributed by atoms with Gasteiger partial charge in [0, 0.05) is 24.1 Å². The summed E-state index contributed by atoms with van der Waals surface area (Å²) < 4.78 is 31.1. The molecule has 1 aromatic rings. The second-order valence-corrected chi connectivity index (χ2v) is 8.25. The SMILES string of the molecule is COc1ccc(Br)cc1NCC1CCCN(S(C)(=O)=O)C1. The van der Waals surface area contributed by atoms with Gasteiger partial charge in [-0.3, -0.25) is 0 Å². The van der Waals surface area contributed by atoms with Gasteiger partial charge >= 0.3 is 0 Å². The zero-order chi connectivity index (χ0) is 15.5. The number of anilines is 1. The molecule has 1 fully saturated rings. The lowest BCUT2D eigenvalue weighted by molar-refractivity contribution is 0.276. The molecule has 1 aliphatic rings. The summed E-state index contributed by atoms with van der Waals surface area (Å²) in [5, 5.41) is 3.37. The molecule has 0 aliphatic carbocycles. The minimum Gasteiger partial charge on any atom is -0.495 e. The van der Waals surface area contributed by atoms with Crippen molar-refractivity contribution in [2.45, 2.75) is 12.8 Å². The van der Waals surface area contributed by atoms with Crippen LogP contribution in [0.4, 0.5) is 5.69 Å². The lowest BCUT2D eigenvalue weighted by Gasteiger charge is -2.31. The highest BCUT2D eigenvalue weighted by Crippen LogP contribution is 2.29. The Bertz CT molecular complexity index is 592. The van der Waals surface area contributed by atoms with Gasteiger partial charge in [-0.25, -0.2) is 12.7 Å². The molecule has 1 heterocycles. The molecule has 7 heteroatoms. The van der Waals surface area contributed by atoms with E-state index in [1.54, 1.807) is 11.4 Å². The van der Waals surface area contributed by atoms with Gasteiger partial charge in [-0.2, -0.15) is 0 Å². The van der Waals surface area contributed by atoms with Gasteiger partial charge in [0.15, 0.2) is 0 Å². The van der Waals surface area contributed by atoms with Crippen molar-refractivity contribution in [3.8, 4) is 5.75 Å². The average Bonchev–Trinajstić information content (AvgIpc) is 2.45. The Morgan fingerprint density at radius 3 is 2.90 bits per heavy atom. The Morgan fingerprint density at radius 1 is 1.48 bits per heavy atom. The molecule has 1 aliphatic heterocycles. The molecule has 118 valence electrons. The molecule has 0 radical (unpaired) electrons. The summed E-state index contributed by atoms with van der Waals surface area (Å²) >= 11 is 3.44. The number of sulfonamides is 1. The second-order valence-electron chi connectivity index (χ2n) is 5.35. The molecule has 5 nitrogen and oxygen atoms in total. The zero-order valence-electron chi connectivity index (χ0n) is 12.3. The first-order valence-electron chi connectivity index (χ1n) is 6.92. The first kappa shape index (κ1) is 16.6. The lowest BCUT2D eigenvalue weighted by Crippen LogP contribution is -2.41. The molecule has 0 amide bonds. The fraction of sp³-hybridized carbons (Fsp3) is 0.571. The van der Waals surface area contributed by atoms with Crippen LogP contribution in [0.25, 0.3) is 0 Å². The molecule has 0 bridgehead atoms. The number of hydrogen-bond donors (Lipinski definition) is 1. The third-order valence-corrected chi connectivity index (χ3v) is 5.46. The second kappa shape index (κ2) is 6.98. The standard InChI is InChI=1S/C14H21BrN2O3S/c1-20-14-6-5-12(15)8-13(14)16-9-11-4-3-7-17(10-11)21(2,18)19/h5-6,8,11,16H,3-4,7,9-10H2,1-2H3. The van der Waals surface area contributed by atoms with E-state index >= 15 is 0 Å². The van der Waals surface area contributed by atoms with Gasteiger partial charge in [0.2, 0.25) is 10.0 Å². The summed E-state index contributed by atoms with van der Waals surface area (Å²) in [6.45, 7) is 1.95. The fourth-order valence-electron chi connectivity index (χ4n) is 2.57. The van der Waals surface area contributed by atoms with Crippen LogP contribution < -0.4 is 10.1 Å². The normalized spacial score (nSPS) is 20.2. The minimum absolute atomic E-state index is 0.317. The van der Waals surface area contributed by atoms with Crippen LogP contribution in [-0.2, 0) is 10.0 Å². The van der Waals surface area contributed by atoms with Crippen molar-refractivity contribution in [3.05, 3.63) is 22.7 Å². The zero-order valence-corrected chi connectivity index (χ0v) is 14.7. The van der Waals surface area contributed by atoms with E-state index < -0.39 is 10.0 Å². The van der Waals surface area contributed by atoms with E-state index in [9.17, 15) is 8.42 Å².